The van der Waals surface area contributed by atoms with Gasteiger partial charge in [0.1, 0.15) is 0 Å². The van der Waals surface area contributed by atoms with Crippen molar-refractivity contribution in [3.8, 4) is 23.0 Å². The van der Waals surface area contributed by atoms with Crippen molar-refractivity contribution in [2.45, 2.75) is 111 Å². The first kappa shape index (κ1) is 28.3. The van der Waals surface area contributed by atoms with Crippen LogP contribution in [0, 0.1) is 5.41 Å². The third kappa shape index (κ3) is 11.5. The smallest absolute Gasteiger partial charge is 0.312 e. The minimum Gasteiger partial charge on any atom is -0.528 e. The predicted octanol–water partition coefficient (Wildman–Crippen LogP) is 8.08. The van der Waals surface area contributed by atoms with Crippen LogP contribution in [0.5, 0.6) is 11.8 Å². The van der Waals surface area contributed by atoms with E-state index in [9.17, 15) is 0 Å². The first-order valence-electron chi connectivity index (χ1n) is 13.4. The molecule has 0 aliphatic carbocycles. The Bertz CT molecular complexity index is 783. The van der Waals surface area contributed by atoms with E-state index in [1.165, 1.54) is 70.6 Å². The van der Waals surface area contributed by atoms with Gasteiger partial charge in [0.15, 0.2) is 0 Å². The van der Waals surface area contributed by atoms with Crippen molar-refractivity contribution in [1.82, 2.24) is 15.0 Å². The molecular formula is C28H45N3O2Si. The highest BCUT2D eigenvalue weighted by Crippen LogP contribution is 2.30. The van der Waals surface area contributed by atoms with Crippen molar-refractivity contribution in [3.63, 3.8) is 0 Å². The lowest BCUT2D eigenvalue weighted by Crippen LogP contribution is -2.11. The summed E-state index contributed by atoms with van der Waals surface area (Å²) in [7, 11) is 0.407. The van der Waals surface area contributed by atoms with E-state index in [-0.39, 0.29) is 0 Å². The Hall–Kier alpha value is -1.95. The highest BCUT2D eigenvalue weighted by Gasteiger charge is 2.16. The molecule has 2 aromatic rings. The summed E-state index contributed by atoms with van der Waals surface area (Å²) in [5.41, 5.74) is 2.10. The van der Waals surface area contributed by atoms with Crippen LogP contribution in [0.15, 0.2) is 30.7 Å². The number of unbranched alkanes of at least 4 members (excludes halogenated alkanes) is 7. The maximum Gasteiger partial charge on any atom is 0.312 e. The molecule has 0 unspecified atom stereocenters. The molecule has 0 atom stereocenters. The summed E-state index contributed by atoms with van der Waals surface area (Å²) in [5, 5.41) is 0. The lowest BCUT2D eigenvalue weighted by Gasteiger charge is -2.24. The van der Waals surface area contributed by atoms with Crippen LogP contribution in [0.2, 0.25) is 6.04 Å². The summed E-state index contributed by atoms with van der Waals surface area (Å²) in [4.78, 5) is 13.4. The molecule has 0 aliphatic heterocycles. The van der Waals surface area contributed by atoms with E-state index in [4.69, 9.17) is 9.16 Å². The minimum absolute atomic E-state index is 0.407. The summed E-state index contributed by atoms with van der Waals surface area (Å²) in [5.74, 6) is 1.21. The van der Waals surface area contributed by atoms with Crippen LogP contribution >= 0.6 is 0 Å². The first-order chi connectivity index (χ1) is 16.6. The third-order valence-electron chi connectivity index (χ3n) is 6.18. The number of nitrogens with zero attached hydrogens (tertiary/aromatic N) is 3. The second-order valence-corrected chi connectivity index (χ2v) is 10.9. The number of pyridine rings is 1. The fourth-order valence-corrected chi connectivity index (χ4v) is 4.75. The molecule has 2 radical (unpaired) electrons. The van der Waals surface area contributed by atoms with Crippen LogP contribution in [0.4, 0.5) is 0 Å². The summed E-state index contributed by atoms with van der Waals surface area (Å²) in [6, 6.07) is 4.97. The van der Waals surface area contributed by atoms with Gasteiger partial charge in [0.2, 0.25) is 11.8 Å². The number of hydrogen-bond donors (Lipinski definition) is 0. The van der Waals surface area contributed by atoms with Crippen LogP contribution in [0.3, 0.4) is 0 Å². The zero-order valence-electron chi connectivity index (χ0n) is 21.9. The summed E-state index contributed by atoms with van der Waals surface area (Å²) >= 11 is 0. The predicted molar refractivity (Wildman–Crippen MR) is 142 cm³/mol. The maximum atomic E-state index is 6.06. The van der Waals surface area contributed by atoms with Gasteiger partial charge in [-0.1, -0.05) is 85.5 Å². The van der Waals surface area contributed by atoms with Crippen molar-refractivity contribution in [2.24, 2.45) is 5.41 Å². The molecule has 0 saturated heterocycles. The van der Waals surface area contributed by atoms with Crippen LogP contribution in [-0.4, -0.2) is 31.3 Å². The Morgan fingerprint density at radius 1 is 0.824 bits per heavy atom. The SMILES string of the molecule is CCCCCCCCOc1cnc(-c2cccnc2O[Si]CCCCC(C)(C)CCCC)cn1. The molecule has 0 aliphatic rings. The lowest BCUT2D eigenvalue weighted by atomic mass is 9.82. The van der Waals surface area contributed by atoms with Gasteiger partial charge >= 0.3 is 9.76 Å². The van der Waals surface area contributed by atoms with E-state index in [0.717, 1.165) is 23.7 Å². The molecule has 0 aromatic carbocycles. The van der Waals surface area contributed by atoms with Crippen LogP contribution < -0.4 is 9.16 Å². The van der Waals surface area contributed by atoms with Crippen LogP contribution in [0.25, 0.3) is 11.3 Å². The van der Waals surface area contributed by atoms with E-state index >= 15 is 0 Å². The molecular weight excluding hydrogens is 438 g/mol. The van der Waals surface area contributed by atoms with Gasteiger partial charge in [-0.15, -0.1) is 0 Å². The standard InChI is InChI=1S/C28H45N3O2Si/c1-5-7-9-10-11-13-20-32-26-23-30-25(22-31-26)24-16-15-19-29-27(24)33-34-21-14-12-18-28(3,4)17-8-6-2/h15-16,19,22-23H,5-14,17-18,20-21H2,1-4H3. The Balaban J connectivity index is 1.73. The lowest BCUT2D eigenvalue weighted by molar-refractivity contribution is 0.288. The van der Waals surface area contributed by atoms with Gasteiger partial charge in [0.25, 0.3) is 0 Å². The maximum absolute atomic E-state index is 6.06. The monoisotopic (exact) mass is 483 g/mol. The normalized spacial score (nSPS) is 11.5. The van der Waals surface area contributed by atoms with Crippen molar-refractivity contribution >= 4 is 9.76 Å². The van der Waals surface area contributed by atoms with Crippen molar-refractivity contribution in [1.29, 1.82) is 0 Å². The molecule has 0 N–H and O–H groups in total. The van der Waals surface area contributed by atoms with E-state index in [0.29, 0.717) is 33.5 Å². The molecule has 0 spiro atoms. The van der Waals surface area contributed by atoms with Gasteiger partial charge in [0.05, 0.1) is 30.3 Å². The highest BCUT2D eigenvalue weighted by atomic mass is 28.2. The summed E-state index contributed by atoms with van der Waals surface area (Å²) < 4.78 is 11.8. The number of ether oxygens (including phenoxy) is 1. The number of rotatable bonds is 19. The zero-order valence-corrected chi connectivity index (χ0v) is 22.9. The molecule has 2 heterocycles. The first-order valence-corrected chi connectivity index (χ1v) is 14.5. The third-order valence-corrected chi connectivity index (χ3v) is 7.08. The molecule has 0 fully saturated rings. The van der Waals surface area contributed by atoms with E-state index in [1.807, 2.05) is 12.1 Å². The van der Waals surface area contributed by atoms with Gasteiger partial charge in [-0.3, -0.25) is 0 Å². The van der Waals surface area contributed by atoms with Crippen LogP contribution in [0.1, 0.15) is 105 Å². The molecule has 0 bridgehead atoms. The summed E-state index contributed by atoms with van der Waals surface area (Å²) in [6.07, 6.45) is 20.4. The Labute approximate surface area is 210 Å². The van der Waals surface area contributed by atoms with Crippen LogP contribution in [-0.2, 0) is 0 Å². The average Bonchev–Trinajstić information content (AvgIpc) is 2.85. The van der Waals surface area contributed by atoms with E-state index < -0.39 is 0 Å². The topological polar surface area (TPSA) is 57.1 Å². The molecule has 0 amide bonds. The number of hydrogen-bond acceptors (Lipinski definition) is 5. The minimum atomic E-state index is 0.407. The fourth-order valence-electron chi connectivity index (χ4n) is 3.96. The van der Waals surface area contributed by atoms with Gasteiger partial charge in [0, 0.05) is 6.20 Å². The molecule has 0 saturated carbocycles. The van der Waals surface area contributed by atoms with Crippen molar-refractivity contribution in [2.75, 3.05) is 6.61 Å². The molecule has 6 heteroatoms. The molecule has 188 valence electrons. The quantitative estimate of drug-likeness (QED) is 0.149. The summed E-state index contributed by atoms with van der Waals surface area (Å²) in [6.45, 7) is 10.00. The molecule has 34 heavy (non-hydrogen) atoms. The van der Waals surface area contributed by atoms with Gasteiger partial charge in [-0.05, 0) is 42.9 Å². The molecule has 5 nitrogen and oxygen atoms in total. The highest BCUT2D eigenvalue weighted by molar-refractivity contribution is 6.28. The van der Waals surface area contributed by atoms with E-state index in [1.54, 1.807) is 18.6 Å². The average molecular weight is 484 g/mol. The van der Waals surface area contributed by atoms with Gasteiger partial charge in [-0.25, -0.2) is 15.0 Å². The van der Waals surface area contributed by atoms with E-state index in [2.05, 4.69) is 42.6 Å². The zero-order chi connectivity index (χ0) is 24.5. The molecule has 2 rings (SSSR count). The Morgan fingerprint density at radius 3 is 2.35 bits per heavy atom. The largest absolute Gasteiger partial charge is 0.528 e. The Morgan fingerprint density at radius 2 is 1.59 bits per heavy atom. The van der Waals surface area contributed by atoms with Crippen molar-refractivity contribution < 1.29 is 9.16 Å². The second kappa shape index (κ2) is 16.6. The van der Waals surface area contributed by atoms with Gasteiger partial charge in [-0.2, -0.15) is 0 Å². The number of aromatic nitrogens is 3. The fraction of sp³-hybridized carbons (Fsp3) is 0.679. The molecule has 2 aromatic heterocycles. The second-order valence-electron chi connectivity index (χ2n) is 9.93. The van der Waals surface area contributed by atoms with Gasteiger partial charge < -0.3 is 9.16 Å². The van der Waals surface area contributed by atoms with Crippen molar-refractivity contribution in [3.05, 3.63) is 30.7 Å². The Kier molecular flexibility index (Phi) is 13.8.